The first-order valence-electron chi connectivity index (χ1n) is 6.00. The van der Waals surface area contributed by atoms with E-state index >= 15 is 0 Å². The summed E-state index contributed by atoms with van der Waals surface area (Å²) in [5.41, 5.74) is 1.30. The van der Waals surface area contributed by atoms with Crippen LogP contribution in [0.1, 0.15) is 18.9 Å². The second-order valence-corrected chi connectivity index (χ2v) is 5.70. The van der Waals surface area contributed by atoms with Crippen LogP contribution in [-0.4, -0.2) is 29.2 Å². The van der Waals surface area contributed by atoms with E-state index in [1.807, 2.05) is 11.8 Å². The number of anilines is 1. The predicted molar refractivity (Wildman–Crippen MR) is 71.1 cm³/mol. The van der Waals surface area contributed by atoms with Gasteiger partial charge in [-0.1, -0.05) is 13.0 Å². The third-order valence-corrected chi connectivity index (χ3v) is 4.50. The first-order chi connectivity index (χ1) is 8.24. The van der Waals surface area contributed by atoms with E-state index in [0.29, 0.717) is 16.5 Å². The number of benzene rings is 1. The molecule has 1 aliphatic heterocycles. The van der Waals surface area contributed by atoms with E-state index in [0.717, 1.165) is 25.3 Å². The van der Waals surface area contributed by atoms with Crippen molar-refractivity contribution in [1.29, 1.82) is 0 Å². The Hall–Kier alpha value is -0.740. The Morgan fingerprint density at radius 2 is 2.35 bits per heavy atom. The van der Waals surface area contributed by atoms with Crippen molar-refractivity contribution in [2.24, 2.45) is 0 Å². The molecule has 0 spiro atoms. The number of thioether (sulfide) groups is 1. The molecule has 0 radical (unpaired) electrons. The van der Waals surface area contributed by atoms with Gasteiger partial charge in [0.1, 0.15) is 5.82 Å². The minimum absolute atomic E-state index is 0.107. The van der Waals surface area contributed by atoms with Crippen molar-refractivity contribution >= 4 is 17.4 Å². The van der Waals surface area contributed by atoms with Gasteiger partial charge in [-0.2, -0.15) is 11.8 Å². The molecular formula is C13H18FNOS. The number of hydrogen-bond donors (Lipinski definition) is 1. The fraction of sp³-hybridized carbons (Fsp3) is 0.538. The van der Waals surface area contributed by atoms with Crippen LogP contribution in [0.15, 0.2) is 18.2 Å². The molecule has 0 aromatic heterocycles. The van der Waals surface area contributed by atoms with E-state index < -0.39 is 0 Å². The number of aliphatic hydroxyl groups is 1. The minimum atomic E-state index is -0.224. The molecule has 0 bridgehead atoms. The zero-order valence-electron chi connectivity index (χ0n) is 10.0. The molecule has 1 fully saturated rings. The number of hydrogen-bond acceptors (Lipinski definition) is 3. The van der Waals surface area contributed by atoms with Gasteiger partial charge in [0.15, 0.2) is 0 Å². The molecule has 2 rings (SSSR count). The Morgan fingerprint density at radius 1 is 1.53 bits per heavy atom. The van der Waals surface area contributed by atoms with Gasteiger partial charge in [0, 0.05) is 24.1 Å². The lowest BCUT2D eigenvalue weighted by atomic mass is 10.1. The van der Waals surface area contributed by atoms with Gasteiger partial charge in [0.2, 0.25) is 0 Å². The van der Waals surface area contributed by atoms with E-state index in [2.05, 4.69) is 11.8 Å². The molecule has 0 amide bonds. The normalized spacial score (nSPS) is 20.6. The van der Waals surface area contributed by atoms with E-state index in [4.69, 9.17) is 5.11 Å². The number of aliphatic hydroxyl groups excluding tert-OH is 1. The van der Waals surface area contributed by atoms with Gasteiger partial charge in [0.25, 0.3) is 0 Å². The van der Waals surface area contributed by atoms with Crippen LogP contribution in [-0.2, 0) is 6.61 Å². The molecule has 17 heavy (non-hydrogen) atoms. The molecule has 1 atom stereocenters. The predicted octanol–water partition coefficient (Wildman–Crippen LogP) is 2.65. The van der Waals surface area contributed by atoms with Gasteiger partial charge < -0.3 is 10.0 Å². The lowest BCUT2D eigenvalue weighted by Crippen LogP contribution is -2.38. The standard InChI is InChI=1S/C13H18FNOS/c1-2-11-8-15(5-6-17-11)13-4-3-10(9-16)7-12(13)14/h3-4,7,11,16H,2,5-6,8-9H2,1H3. The highest BCUT2D eigenvalue weighted by Crippen LogP contribution is 2.28. The van der Waals surface area contributed by atoms with Crippen molar-refractivity contribution in [1.82, 2.24) is 0 Å². The van der Waals surface area contributed by atoms with Crippen LogP contribution in [0.4, 0.5) is 10.1 Å². The maximum absolute atomic E-state index is 13.9. The summed E-state index contributed by atoms with van der Waals surface area (Å²) in [6.07, 6.45) is 1.12. The first-order valence-corrected chi connectivity index (χ1v) is 7.05. The van der Waals surface area contributed by atoms with Crippen molar-refractivity contribution in [2.75, 3.05) is 23.7 Å². The quantitative estimate of drug-likeness (QED) is 0.898. The highest BCUT2D eigenvalue weighted by Gasteiger charge is 2.21. The average Bonchev–Trinajstić information content (AvgIpc) is 2.38. The van der Waals surface area contributed by atoms with Gasteiger partial charge in [-0.15, -0.1) is 0 Å². The second kappa shape index (κ2) is 5.74. The van der Waals surface area contributed by atoms with Crippen molar-refractivity contribution in [3.63, 3.8) is 0 Å². The largest absolute Gasteiger partial charge is 0.392 e. The van der Waals surface area contributed by atoms with Gasteiger partial charge in [0.05, 0.1) is 12.3 Å². The molecule has 94 valence electrons. The molecule has 1 aromatic carbocycles. The van der Waals surface area contributed by atoms with Gasteiger partial charge >= 0.3 is 0 Å². The van der Waals surface area contributed by atoms with Crippen molar-refractivity contribution in [2.45, 2.75) is 25.2 Å². The molecule has 0 aliphatic carbocycles. The molecular weight excluding hydrogens is 237 g/mol. The summed E-state index contributed by atoms with van der Waals surface area (Å²) < 4.78 is 13.9. The maximum Gasteiger partial charge on any atom is 0.146 e. The van der Waals surface area contributed by atoms with E-state index in [1.54, 1.807) is 12.1 Å². The fourth-order valence-electron chi connectivity index (χ4n) is 2.09. The summed E-state index contributed by atoms with van der Waals surface area (Å²) in [5.74, 6) is 0.831. The number of nitrogens with zero attached hydrogens (tertiary/aromatic N) is 1. The van der Waals surface area contributed by atoms with Crippen molar-refractivity contribution in [3.05, 3.63) is 29.6 Å². The van der Waals surface area contributed by atoms with E-state index in [9.17, 15) is 4.39 Å². The molecule has 1 unspecified atom stereocenters. The highest BCUT2D eigenvalue weighted by atomic mass is 32.2. The van der Waals surface area contributed by atoms with Crippen molar-refractivity contribution in [3.8, 4) is 0 Å². The Balaban J connectivity index is 2.16. The number of rotatable bonds is 3. The van der Waals surface area contributed by atoms with Crippen molar-refractivity contribution < 1.29 is 9.50 Å². The zero-order chi connectivity index (χ0) is 12.3. The Kier molecular flexibility index (Phi) is 4.29. The molecule has 1 heterocycles. The summed E-state index contributed by atoms with van der Waals surface area (Å²) in [5, 5.41) is 9.56. The lowest BCUT2D eigenvalue weighted by molar-refractivity contribution is 0.281. The minimum Gasteiger partial charge on any atom is -0.392 e. The molecule has 1 saturated heterocycles. The summed E-state index contributed by atoms with van der Waals surface area (Å²) in [4.78, 5) is 2.11. The van der Waals surface area contributed by atoms with E-state index in [1.165, 1.54) is 6.07 Å². The molecule has 1 aliphatic rings. The Bertz CT molecular complexity index is 386. The molecule has 1 N–H and O–H groups in total. The van der Waals surface area contributed by atoms with Crippen LogP contribution in [0.5, 0.6) is 0 Å². The summed E-state index contributed by atoms with van der Waals surface area (Å²) in [6, 6.07) is 5.00. The Labute approximate surface area is 106 Å². The molecule has 1 aromatic rings. The van der Waals surface area contributed by atoms with Crippen LogP contribution in [0.25, 0.3) is 0 Å². The zero-order valence-corrected chi connectivity index (χ0v) is 10.8. The SMILES string of the molecule is CCC1CN(c2ccc(CO)cc2F)CCS1. The first kappa shape index (κ1) is 12.7. The number of halogens is 1. The van der Waals surface area contributed by atoms with Crippen LogP contribution in [0, 0.1) is 5.82 Å². The van der Waals surface area contributed by atoms with E-state index in [-0.39, 0.29) is 12.4 Å². The second-order valence-electron chi connectivity index (χ2n) is 4.29. The average molecular weight is 255 g/mol. The molecule has 4 heteroatoms. The third kappa shape index (κ3) is 2.93. The van der Waals surface area contributed by atoms with Gasteiger partial charge in [-0.25, -0.2) is 4.39 Å². The summed E-state index contributed by atoms with van der Waals surface area (Å²) in [7, 11) is 0. The van der Waals surface area contributed by atoms with Crippen LogP contribution in [0.2, 0.25) is 0 Å². The highest BCUT2D eigenvalue weighted by molar-refractivity contribution is 8.00. The lowest BCUT2D eigenvalue weighted by Gasteiger charge is -2.33. The fourth-order valence-corrected chi connectivity index (χ4v) is 3.27. The van der Waals surface area contributed by atoms with Gasteiger partial charge in [-0.3, -0.25) is 0 Å². The van der Waals surface area contributed by atoms with Crippen LogP contribution in [0.3, 0.4) is 0 Å². The van der Waals surface area contributed by atoms with Gasteiger partial charge in [-0.05, 0) is 24.1 Å². The van der Waals surface area contributed by atoms with Crippen LogP contribution < -0.4 is 4.90 Å². The smallest absolute Gasteiger partial charge is 0.146 e. The molecule has 2 nitrogen and oxygen atoms in total. The Morgan fingerprint density at radius 3 is 3.00 bits per heavy atom. The third-order valence-electron chi connectivity index (χ3n) is 3.13. The molecule has 0 saturated carbocycles. The monoisotopic (exact) mass is 255 g/mol. The topological polar surface area (TPSA) is 23.5 Å². The maximum atomic E-state index is 13.9. The summed E-state index contributed by atoms with van der Waals surface area (Å²) >= 11 is 1.97. The van der Waals surface area contributed by atoms with Crippen LogP contribution >= 0.6 is 11.8 Å². The summed E-state index contributed by atoms with van der Waals surface area (Å²) in [6.45, 7) is 3.88.